The largest absolute Gasteiger partial charge is 0.396 e. The van der Waals surface area contributed by atoms with Gasteiger partial charge in [0, 0.05) is 25.9 Å². The van der Waals surface area contributed by atoms with Crippen molar-refractivity contribution in [2.75, 3.05) is 6.61 Å². The van der Waals surface area contributed by atoms with Gasteiger partial charge in [-0.15, -0.1) is 0 Å². The Labute approximate surface area is 95.3 Å². The molecule has 0 aromatic carbocycles. The zero-order valence-corrected chi connectivity index (χ0v) is 9.52. The first-order valence-corrected chi connectivity index (χ1v) is 5.75. The highest BCUT2D eigenvalue weighted by Gasteiger charge is 2.32. The number of rotatable bonds is 5. The van der Waals surface area contributed by atoms with E-state index in [4.69, 9.17) is 5.11 Å². The maximum atomic E-state index is 11.9. The fraction of sp³-hybridized carbons (Fsp3) is 0.583. The predicted octanol–water partition coefficient (Wildman–Crippen LogP) is 0.916. The lowest BCUT2D eigenvalue weighted by molar-refractivity contribution is 0.0916. The number of aromatic nitrogens is 1. The van der Waals surface area contributed by atoms with Crippen LogP contribution in [-0.2, 0) is 7.05 Å². The average Bonchev–Trinajstić information content (AvgIpc) is 3.00. The number of carbonyl (C=O) groups is 1. The van der Waals surface area contributed by atoms with Crippen LogP contribution in [0.2, 0.25) is 0 Å². The molecule has 1 fully saturated rings. The fourth-order valence-corrected chi connectivity index (χ4v) is 2.00. The summed E-state index contributed by atoms with van der Waals surface area (Å²) < 4.78 is 1.80. The molecule has 0 saturated heterocycles. The molecule has 0 spiro atoms. The van der Waals surface area contributed by atoms with E-state index in [9.17, 15) is 4.79 Å². The number of aryl methyl sites for hydroxylation is 1. The molecule has 4 heteroatoms. The summed E-state index contributed by atoms with van der Waals surface area (Å²) in [4.78, 5) is 11.9. The van der Waals surface area contributed by atoms with Crippen LogP contribution < -0.4 is 5.32 Å². The standard InChI is InChI=1S/C12H18N2O2/c1-14-7-2-3-11(14)12(16)13-10(6-8-15)9-4-5-9/h2-3,7,9-10,15H,4-6,8H2,1H3,(H,13,16). The van der Waals surface area contributed by atoms with Crippen molar-refractivity contribution in [3.8, 4) is 0 Å². The first kappa shape index (κ1) is 11.2. The number of aliphatic hydroxyl groups excluding tert-OH is 1. The second-order valence-corrected chi connectivity index (χ2v) is 4.43. The van der Waals surface area contributed by atoms with Gasteiger partial charge in [0.2, 0.25) is 0 Å². The molecule has 1 heterocycles. The molecule has 2 N–H and O–H groups in total. The van der Waals surface area contributed by atoms with E-state index in [0.29, 0.717) is 18.0 Å². The number of aliphatic hydroxyl groups is 1. The monoisotopic (exact) mass is 222 g/mol. The summed E-state index contributed by atoms with van der Waals surface area (Å²) >= 11 is 0. The van der Waals surface area contributed by atoms with Crippen LogP contribution in [0.3, 0.4) is 0 Å². The average molecular weight is 222 g/mol. The van der Waals surface area contributed by atoms with Gasteiger partial charge >= 0.3 is 0 Å². The third-order valence-corrected chi connectivity index (χ3v) is 3.12. The minimum atomic E-state index is -0.0437. The van der Waals surface area contributed by atoms with Crippen LogP contribution in [0.4, 0.5) is 0 Å². The fourth-order valence-electron chi connectivity index (χ4n) is 2.00. The van der Waals surface area contributed by atoms with Crippen LogP contribution in [0.1, 0.15) is 29.8 Å². The number of nitrogens with zero attached hydrogens (tertiary/aromatic N) is 1. The maximum Gasteiger partial charge on any atom is 0.268 e. The number of carbonyl (C=O) groups excluding carboxylic acids is 1. The van der Waals surface area contributed by atoms with E-state index in [2.05, 4.69) is 5.32 Å². The molecule has 0 aliphatic heterocycles. The second-order valence-electron chi connectivity index (χ2n) is 4.43. The topological polar surface area (TPSA) is 54.3 Å². The zero-order valence-electron chi connectivity index (χ0n) is 9.52. The van der Waals surface area contributed by atoms with Crippen molar-refractivity contribution >= 4 is 5.91 Å². The van der Waals surface area contributed by atoms with Crippen LogP contribution >= 0.6 is 0 Å². The van der Waals surface area contributed by atoms with Crippen LogP contribution in [0.15, 0.2) is 18.3 Å². The summed E-state index contributed by atoms with van der Waals surface area (Å²) in [6.45, 7) is 0.134. The van der Waals surface area contributed by atoms with E-state index in [1.54, 1.807) is 10.6 Å². The van der Waals surface area contributed by atoms with Gasteiger partial charge in [-0.3, -0.25) is 4.79 Å². The molecule has 0 bridgehead atoms. The molecular weight excluding hydrogens is 204 g/mol. The summed E-state index contributed by atoms with van der Waals surface area (Å²) in [6, 6.07) is 3.79. The molecule has 4 nitrogen and oxygen atoms in total. The molecule has 1 saturated carbocycles. The highest BCUT2D eigenvalue weighted by molar-refractivity contribution is 5.92. The summed E-state index contributed by atoms with van der Waals surface area (Å²) in [5.41, 5.74) is 0.670. The van der Waals surface area contributed by atoms with E-state index >= 15 is 0 Å². The van der Waals surface area contributed by atoms with Crippen molar-refractivity contribution in [3.05, 3.63) is 24.0 Å². The Morgan fingerprint density at radius 3 is 2.94 bits per heavy atom. The first-order chi connectivity index (χ1) is 7.72. The zero-order chi connectivity index (χ0) is 11.5. The van der Waals surface area contributed by atoms with Gasteiger partial charge in [0.1, 0.15) is 5.69 Å². The number of hydrogen-bond donors (Lipinski definition) is 2. The normalized spacial score (nSPS) is 17.1. The Balaban J connectivity index is 1.97. The lowest BCUT2D eigenvalue weighted by atomic mass is 10.1. The third kappa shape index (κ3) is 2.44. The van der Waals surface area contributed by atoms with Gasteiger partial charge in [0.25, 0.3) is 5.91 Å². The van der Waals surface area contributed by atoms with Gasteiger partial charge in [-0.1, -0.05) is 0 Å². The molecule has 2 rings (SSSR count). The Kier molecular flexibility index (Phi) is 3.29. The molecule has 1 unspecified atom stereocenters. The summed E-state index contributed by atoms with van der Waals surface area (Å²) in [5.74, 6) is 0.522. The van der Waals surface area contributed by atoms with Crippen molar-refractivity contribution in [1.82, 2.24) is 9.88 Å². The van der Waals surface area contributed by atoms with E-state index < -0.39 is 0 Å². The van der Waals surface area contributed by atoms with Crippen molar-refractivity contribution in [1.29, 1.82) is 0 Å². The lowest BCUT2D eigenvalue weighted by Gasteiger charge is -2.17. The van der Waals surface area contributed by atoms with Crippen LogP contribution in [0.5, 0.6) is 0 Å². The molecule has 1 amide bonds. The highest BCUT2D eigenvalue weighted by Crippen LogP contribution is 2.34. The Morgan fingerprint density at radius 1 is 1.69 bits per heavy atom. The summed E-state index contributed by atoms with van der Waals surface area (Å²) in [6.07, 6.45) is 4.84. The summed E-state index contributed by atoms with van der Waals surface area (Å²) in [7, 11) is 1.85. The molecule has 16 heavy (non-hydrogen) atoms. The molecule has 1 aliphatic carbocycles. The van der Waals surface area contributed by atoms with Crippen molar-refractivity contribution in [3.63, 3.8) is 0 Å². The van der Waals surface area contributed by atoms with Crippen LogP contribution in [0, 0.1) is 5.92 Å². The van der Waals surface area contributed by atoms with E-state index in [1.165, 1.54) is 0 Å². The SMILES string of the molecule is Cn1cccc1C(=O)NC(CCO)C1CC1. The number of hydrogen-bond acceptors (Lipinski definition) is 2. The quantitative estimate of drug-likeness (QED) is 0.778. The molecule has 1 aliphatic rings. The van der Waals surface area contributed by atoms with Gasteiger partial charge in [-0.2, -0.15) is 0 Å². The predicted molar refractivity (Wildman–Crippen MR) is 61.1 cm³/mol. The van der Waals surface area contributed by atoms with Crippen molar-refractivity contribution in [2.45, 2.75) is 25.3 Å². The van der Waals surface area contributed by atoms with Crippen molar-refractivity contribution < 1.29 is 9.90 Å². The molecule has 1 atom stereocenters. The molecule has 1 aromatic heterocycles. The van der Waals surface area contributed by atoms with E-state index in [1.807, 2.05) is 19.3 Å². The smallest absolute Gasteiger partial charge is 0.268 e. The van der Waals surface area contributed by atoms with Crippen LogP contribution in [0.25, 0.3) is 0 Å². The van der Waals surface area contributed by atoms with Gasteiger partial charge in [0.15, 0.2) is 0 Å². The summed E-state index contributed by atoms with van der Waals surface area (Å²) in [5, 5.41) is 12.0. The Hall–Kier alpha value is -1.29. The molecule has 88 valence electrons. The lowest BCUT2D eigenvalue weighted by Crippen LogP contribution is -2.37. The molecule has 1 aromatic rings. The second kappa shape index (κ2) is 4.70. The van der Waals surface area contributed by atoms with Gasteiger partial charge < -0.3 is 15.0 Å². The first-order valence-electron chi connectivity index (χ1n) is 5.75. The Bertz CT molecular complexity index is 369. The molecule has 0 radical (unpaired) electrons. The molecular formula is C12H18N2O2. The van der Waals surface area contributed by atoms with Gasteiger partial charge in [-0.05, 0) is 37.3 Å². The van der Waals surface area contributed by atoms with E-state index in [-0.39, 0.29) is 18.6 Å². The maximum absolute atomic E-state index is 11.9. The number of nitrogens with one attached hydrogen (secondary N) is 1. The number of amides is 1. The van der Waals surface area contributed by atoms with Crippen LogP contribution in [-0.4, -0.2) is 28.2 Å². The van der Waals surface area contributed by atoms with E-state index in [0.717, 1.165) is 12.8 Å². The Morgan fingerprint density at radius 2 is 2.44 bits per heavy atom. The minimum Gasteiger partial charge on any atom is -0.396 e. The van der Waals surface area contributed by atoms with Gasteiger partial charge in [0.05, 0.1) is 0 Å². The third-order valence-electron chi connectivity index (χ3n) is 3.12. The highest BCUT2D eigenvalue weighted by atomic mass is 16.3. The minimum absolute atomic E-state index is 0.0437. The van der Waals surface area contributed by atoms with Gasteiger partial charge in [-0.25, -0.2) is 0 Å². The van der Waals surface area contributed by atoms with Crippen molar-refractivity contribution in [2.24, 2.45) is 13.0 Å².